The van der Waals surface area contributed by atoms with Crippen LogP contribution in [0.2, 0.25) is 0 Å². The Morgan fingerprint density at radius 3 is 1.33 bits per heavy atom. The molecule has 0 saturated carbocycles. The van der Waals surface area contributed by atoms with E-state index in [0.29, 0.717) is 56.4 Å². The summed E-state index contributed by atoms with van der Waals surface area (Å²) < 4.78 is 23.0. The van der Waals surface area contributed by atoms with Crippen LogP contribution in [-0.4, -0.2) is 51.4 Å². The summed E-state index contributed by atoms with van der Waals surface area (Å²) in [5, 5.41) is 7.23. The van der Waals surface area contributed by atoms with Gasteiger partial charge in [-0.15, -0.1) is 0 Å². The van der Waals surface area contributed by atoms with Crippen LogP contribution in [0, 0.1) is 0 Å². The Hall–Kier alpha value is -5.64. The van der Waals surface area contributed by atoms with Crippen LogP contribution in [0.15, 0.2) is 95.1 Å². The van der Waals surface area contributed by atoms with E-state index in [1.165, 1.54) is 26.6 Å². The molecule has 0 aliphatic carbocycles. The van der Waals surface area contributed by atoms with Gasteiger partial charge in [-0.1, -0.05) is 60.7 Å². The van der Waals surface area contributed by atoms with Gasteiger partial charge < -0.3 is 30.6 Å². The molecular weight excluding hydrogens is 536 g/mol. The monoisotopic (exact) mass is 566 g/mol. The van der Waals surface area contributed by atoms with E-state index in [1.54, 1.807) is 72.8 Å². The van der Waals surface area contributed by atoms with Gasteiger partial charge in [-0.3, -0.25) is 9.59 Å². The van der Waals surface area contributed by atoms with Gasteiger partial charge in [0.15, 0.2) is 34.6 Å². The van der Waals surface area contributed by atoms with Crippen LogP contribution >= 0.6 is 0 Å². The summed E-state index contributed by atoms with van der Waals surface area (Å²) in [5.74, 6) is 11.8. The van der Waals surface area contributed by atoms with Crippen molar-refractivity contribution in [3.63, 3.8) is 0 Å². The van der Waals surface area contributed by atoms with E-state index in [1.807, 2.05) is 12.1 Å². The minimum Gasteiger partial charge on any atom is -0.492 e. The zero-order valence-electron chi connectivity index (χ0n) is 23.2. The van der Waals surface area contributed by atoms with Crippen LogP contribution < -0.4 is 30.6 Å². The predicted octanol–water partition coefficient (Wildman–Crippen LogP) is 4.21. The Kier molecular flexibility index (Phi) is 9.87. The van der Waals surface area contributed by atoms with Crippen molar-refractivity contribution in [1.29, 1.82) is 0 Å². The fourth-order valence-electron chi connectivity index (χ4n) is 4.40. The van der Waals surface area contributed by atoms with Crippen molar-refractivity contribution in [1.82, 2.24) is 0 Å². The molecule has 42 heavy (non-hydrogen) atoms. The lowest BCUT2D eigenvalue weighted by Gasteiger charge is -2.17. The number of hydrogen-bond acceptors (Lipinski definition) is 10. The first kappa shape index (κ1) is 29.3. The van der Waals surface area contributed by atoms with Gasteiger partial charge in [0.05, 0.1) is 37.8 Å². The Labute approximate surface area is 243 Å². The molecule has 0 heterocycles. The van der Waals surface area contributed by atoms with E-state index in [9.17, 15) is 9.59 Å². The molecule has 0 aliphatic rings. The van der Waals surface area contributed by atoms with E-state index in [0.717, 1.165) is 0 Å². The lowest BCUT2D eigenvalue weighted by molar-refractivity contribution is 0.103. The molecule has 4 aromatic carbocycles. The van der Waals surface area contributed by atoms with Crippen LogP contribution in [0.3, 0.4) is 0 Å². The van der Waals surface area contributed by atoms with Crippen LogP contribution in [0.25, 0.3) is 0 Å². The predicted molar refractivity (Wildman–Crippen MR) is 160 cm³/mol. The highest BCUT2D eigenvalue weighted by molar-refractivity contribution is 6.15. The highest BCUT2D eigenvalue weighted by Gasteiger charge is 2.22. The third-order valence-electron chi connectivity index (χ3n) is 6.30. The normalized spacial score (nSPS) is 11.0. The van der Waals surface area contributed by atoms with Gasteiger partial charge in [0.1, 0.15) is 13.2 Å². The molecule has 0 radical (unpaired) electrons. The van der Waals surface area contributed by atoms with Crippen LogP contribution in [0.4, 0.5) is 0 Å². The smallest absolute Gasteiger partial charge is 0.193 e. The zero-order chi connectivity index (χ0) is 29.9. The minimum atomic E-state index is -0.211. The number of ketones is 2. The van der Waals surface area contributed by atoms with Crippen molar-refractivity contribution in [3.05, 3.63) is 118 Å². The molecule has 4 aromatic rings. The molecule has 10 nitrogen and oxygen atoms in total. The molecular formula is C32H30N4O6. The Balaban J connectivity index is 1.53. The summed E-state index contributed by atoms with van der Waals surface area (Å²) in [7, 11) is 2.93. The van der Waals surface area contributed by atoms with Gasteiger partial charge >= 0.3 is 0 Å². The number of carbonyl (C=O) groups excluding carboxylic acids is 2. The number of methoxy groups -OCH3 is 2. The van der Waals surface area contributed by atoms with Gasteiger partial charge in [-0.25, -0.2) is 0 Å². The van der Waals surface area contributed by atoms with Crippen molar-refractivity contribution in [3.8, 4) is 23.0 Å². The van der Waals surface area contributed by atoms with E-state index >= 15 is 0 Å². The summed E-state index contributed by atoms with van der Waals surface area (Å²) in [5.41, 5.74) is 2.52. The summed E-state index contributed by atoms with van der Waals surface area (Å²) in [6.07, 6.45) is 2.70. The van der Waals surface area contributed by atoms with Gasteiger partial charge in [0.2, 0.25) is 0 Å². The fourth-order valence-corrected chi connectivity index (χ4v) is 4.40. The number of rotatable bonds is 13. The highest BCUT2D eigenvalue weighted by atomic mass is 16.5. The first-order chi connectivity index (χ1) is 20.5. The summed E-state index contributed by atoms with van der Waals surface area (Å²) in [4.78, 5) is 26.3. The standard InChI is InChI=1S/C32H30N4O6/c1-39-31-25(19-35-33)23(29(37)21-9-5-3-6-10-21)13-15-27(31)41-17-18-42-28-16-14-24(26(20-36-34)32(28)40-2)30(38)22-11-7-4-8-12-22/h3-16,19-20H,17-18,33-34H2,1-2H3. The first-order valence-electron chi connectivity index (χ1n) is 12.9. The zero-order valence-corrected chi connectivity index (χ0v) is 23.2. The molecule has 0 atom stereocenters. The fraction of sp³-hybridized carbons (Fsp3) is 0.125. The second kappa shape index (κ2) is 14.1. The first-order valence-corrected chi connectivity index (χ1v) is 12.9. The van der Waals surface area contributed by atoms with Gasteiger partial charge in [0, 0.05) is 22.3 Å². The Bertz CT molecular complexity index is 1480. The third-order valence-corrected chi connectivity index (χ3v) is 6.30. The number of ether oxygens (including phenoxy) is 4. The SMILES string of the molecule is COc1c(OCCOc2ccc(C(=O)c3ccccc3)c(C=NN)c2OC)ccc(C(=O)c2ccccc2)c1C=NN. The van der Waals surface area contributed by atoms with E-state index < -0.39 is 0 Å². The summed E-state index contributed by atoms with van der Waals surface area (Å²) in [6, 6.07) is 24.3. The van der Waals surface area contributed by atoms with E-state index in [4.69, 9.17) is 30.6 Å². The average molecular weight is 567 g/mol. The van der Waals surface area contributed by atoms with Crippen LogP contribution in [-0.2, 0) is 0 Å². The van der Waals surface area contributed by atoms with Crippen LogP contribution in [0.5, 0.6) is 23.0 Å². The van der Waals surface area contributed by atoms with Gasteiger partial charge in [0.25, 0.3) is 0 Å². The second-order valence-corrected chi connectivity index (χ2v) is 8.76. The molecule has 0 saturated heterocycles. The largest absolute Gasteiger partial charge is 0.492 e. The number of hydrogen-bond donors (Lipinski definition) is 2. The lowest BCUT2D eigenvalue weighted by atomic mass is 9.97. The summed E-state index contributed by atoms with van der Waals surface area (Å²) in [6.45, 7) is 0.214. The molecule has 10 heteroatoms. The summed E-state index contributed by atoms with van der Waals surface area (Å²) >= 11 is 0. The maximum atomic E-state index is 13.2. The van der Waals surface area contributed by atoms with Gasteiger partial charge in [-0.2, -0.15) is 10.2 Å². The molecule has 4 rings (SSSR count). The van der Waals surface area contributed by atoms with Crippen molar-refractivity contribution < 1.29 is 28.5 Å². The maximum absolute atomic E-state index is 13.2. The number of benzene rings is 4. The molecule has 0 spiro atoms. The number of nitrogens with two attached hydrogens (primary N) is 2. The molecule has 0 bridgehead atoms. The third kappa shape index (κ3) is 6.39. The number of carbonyl (C=O) groups is 2. The molecule has 0 amide bonds. The van der Waals surface area contributed by atoms with Crippen LogP contribution in [0.1, 0.15) is 43.0 Å². The number of nitrogens with zero attached hydrogens (tertiary/aromatic N) is 2. The lowest BCUT2D eigenvalue weighted by Crippen LogP contribution is -2.13. The molecule has 0 aromatic heterocycles. The van der Waals surface area contributed by atoms with Crippen molar-refractivity contribution >= 4 is 24.0 Å². The Morgan fingerprint density at radius 2 is 1.00 bits per heavy atom. The number of hydrazone groups is 2. The second-order valence-electron chi connectivity index (χ2n) is 8.76. The van der Waals surface area contributed by atoms with E-state index in [2.05, 4.69) is 10.2 Å². The van der Waals surface area contributed by atoms with Crippen molar-refractivity contribution in [2.24, 2.45) is 21.9 Å². The van der Waals surface area contributed by atoms with Gasteiger partial charge in [-0.05, 0) is 24.3 Å². The Morgan fingerprint density at radius 1 is 0.619 bits per heavy atom. The topological polar surface area (TPSA) is 148 Å². The quantitative estimate of drug-likeness (QED) is 0.0804. The molecule has 0 fully saturated rings. The highest BCUT2D eigenvalue weighted by Crippen LogP contribution is 2.35. The molecule has 214 valence electrons. The minimum absolute atomic E-state index is 0.107. The maximum Gasteiger partial charge on any atom is 0.193 e. The average Bonchev–Trinajstić information content (AvgIpc) is 3.03. The van der Waals surface area contributed by atoms with Crippen molar-refractivity contribution in [2.45, 2.75) is 0 Å². The molecule has 0 unspecified atom stereocenters. The van der Waals surface area contributed by atoms with Crippen molar-refractivity contribution in [2.75, 3.05) is 27.4 Å². The molecule has 4 N–H and O–H groups in total. The van der Waals surface area contributed by atoms with E-state index in [-0.39, 0.29) is 24.8 Å². The molecule has 0 aliphatic heterocycles.